The first-order chi connectivity index (χ1) is 10.7. The van der Waals surface area contributed by atoms with Gasteiger partial charge in [-0.3, -0.25) is 0 Å². The minimum atomic E-state index is -0.321. The molecule has 0 rings (SSSR count). The molecule has 126 valence electrons. The number of allylic oxidation sites excluding steroid dienone is 5. The molecule has 0 spiro atoms. The molecule has 0 heterocycles. The van der Waals surface area contributed by atoms with E-state index in [2.05, 4.69) is 24.7 Å². The van der Waals surface area contributed by atoms with Crippen molar-refractivity contribution in [3.05, 3.63) is 36.5 Å². The number of hydrogen-bond donors (Lipinski definition) is 0. The first-order valence-electron chi connectivity index (χ1n) is 8.74. The van der Waals surface area contributed by atoms with Crippen LogP contribution in [0.4, 0.5) is 0 Å². The third kappa shape index (κ3) is 16.7. The minimum Gasteiger partial charge on any atom is -0.466 e. The number of esters is 1. The van der Waals surface area contributed by atoms with Gasteiger partial charge in [-0.25, -0.2) is 4.79 Å². The van der Waals surface area contributed by atoms with E-state index in [9.17, 15) is 4.79 Å². The van der Waals surface area contributed by atoms with Crippen LogP contribution in [0.15, 0.2) is 36.5 Å². The Morgan fingerprint density at radius 2 is 1.45 bits per heavy atom. The molecule has 2 heteroatoms. The Morgan fingerprint density at radius 1 is 0.864 bits per heavy atom. The van der Waals surface area contributed by atoms with Gasteiger partial charge in [-0.1, -0.05) is 89.2 Å². The molecule has 0 radical (unpaired) electrons. The SMILES string of the molecule is COC(=O)C=CC=CC=CCCCCCCCCCC(C)C. The molecule has 0 atom stereocenters. The van der Waals surface area contributed by atoms with Gasteiger partial charge in [0, 0.05) is 6.08 Å². The zero-order valence-corrected chi connectivity index (χ0v) is 14.7. The molecule has 0 aromatic heterocycles. The van der Waals surface area contributed by atoms with Crippen molar-refractivity contribution < 1.29 is 9.53 Å². The first kappa shape index (κ1) is 20.7. The van der Waals surface area contributed by atoms with E-state index in [0.29, 0.717) is 0 Å². The van der Waals surface area contributed by atoms with Gasteiger partial charge in [-0.2, -0.15) is 0 Å². The van der Waals surface area contributed by atoms with Crippen molar-refractivity contribution in [3.63, 3.8) is 0 Å². The fourth-order valence-corrected chi connectivity index (χ4v) is 2.20. The highest BCUT2D eigenvalue weighted by molar-refractivity contribution is 5.82. The number of carbonyl (C=O) groups is 1. The molecule has 0 saturated carbocycles. The predicted octanol–water partition coefficient (Wildman–Crippen LogP) is 5.99. The Hall–Kier alpha value is -1.31. The average Bonchev–Trinajstić information content (AvgIpc) is 2.50. The lowest BCUT2D eigenvalue weighted by molar-refractivity contribution is -0.134. The van der Waals surface area contributed by atoms with Crippen molar-refractivity contribution in [2.24, 2.45) is 5.92 Å². The summed E-state index contributed by atoms with van der Waals surface area (Å²) in [6, 6.07) is 0. The molecule has 0 aliphatic heterocycles. The van der Waals surface area contributed by atoms with Crippen molar-refractivity contribution in [3.8, 4) is 0 Å². The Bertz CT molecular complexity index is 338. The van der Waals surface area contributed by atoms with Crippen LogP contribution in [0.5, 0.6) is 0 Å². The Labute approximate surface area is 137 Å². The lowest BCUT2D eigenvalue weighted by Crippen LogP contribution is -1.92. The fourth-order valence-electron chi connectivity index (χ4n) is 2.20. The highest BCUT2D eigenvalue weighted by Crippen LogP contribution is 2.12. The smallest absolute Gasteiger partial charge is 0.330 e. The number of ether oxygens (including phenoxy) is 1. The van der Waals surface area contributed by atoms with Crippen LogP contribution >= 0.6 is 0 Å². The summed E-state index contributed by atoms with van der Waals surface area (Å²) in [6.45, 7) is 4.61. The van der Waals surface area contributed by atoms with Gasteiger partial charge in [0.15, 0.2) is 0 Å². The van der Waals surface area contributed by atoms with Crippen LogP contribution in [-0.4, -0.2) is 13.1 Å². The van der Waals surface area contributed by atoms with Gasteiger partial charge in [-0.05, 0) is 18.8 Å². The second-order valence-electron chi connectivity index (χ2n) is 6.14. The largest absolute Gasteiger partial charge is 0.466 e. The van der Waals surface area contributed by atoms with E-state index < -0.39 is 0 Å². The number of carbonyl (C=O) groups excluding carboxylic acids is 1. The van der Waals surface area contributed by atoms with Crippen molar-refractivity contribution in [2.75, 3.05) is 7.11 Å². The zero-order chi connectivity index (χ0) is 16.5. The molecule has 0 aliphatic rings. The van der Waals surface area contributed by atoms with Crippen LogP contribution in [0.3, 0.4) is 0 Å². The number of unbranched alkanes of at least 4 members (excludes halogenated alkanes) is 7. The molecule has 0 aromatic rings. The number of hydrogen-bond acceptors (Lipinski definition) is 2. The van der Waals surface area contributed by atoms with E-state index >= 15 is 0 Å². The van der Waals surface area contributed by atoms with Crippen molar-refractivity contribution in [2.45, 2.75) is 71.6 Å². The standard InChI is InChI=1S/C20H34O2/c1-19(2)17-15-13-11-9-7-5-4-6-8-10-12-14-16-18-20(21)22-3/h8,10,12,14,16,18-19H,4-7,9,11,13,15,17H2,1-3H3. The van der Waals surface area contributed by atoms with E-state index in [1.807, 2.05) is 18.2 Å². The maximum atomic E-state index is 10.8. The molecule has 0 aromatic carbocycles. The van der Waals surface area contributed by atoms with Gasteiger partial charge in [0.1, 0.15) is 0 Å². The van der Waals surface area contributed by atoms with Gasteiger partial charge in [0.05, 0.1) is 7.11 Å². The van der Waals surface area contributed by atoms with Gasteiger partial charge in [0.2, 0.25) is 0 Å². The third-order valence-electron chi connectivity index (χ3n) is 3.56. The maximum Gasteiger partial charge on any atom is 0.330 e. The molecule has 0 aliphatic carbocycles. The quantitative estimate of drug-likeness (QED) is 0.181. The van der Waals surface area contributed by atoms with Crippen molar-refractivity contribution in [1.29, 1.82) is 0 Å². The van der Waals surface area contributed by atoms with E-state index in [1.165, 1.54) is 64.6 Å². The first-order valence-corrected chi connectivity index (χ1v) is 8.74. The summed E-state index contributed by atoms with van der Waals surface area (Å²) < 4.78 is 4.50. The third-order valence-corrected chi connectivity index (χ3v) is 3.56. The van der Waals surface area contributed by atoms with Crippen LogP contribution in [0, 0.1) is 5.92 Å². The topological polar surface area (TPSA) is 26.3 Å². The normalized spacial score (nSPS) is 12.2. The van der Waals surface area contributed by atoms with E-state index in [1.54, 1.807) is 6.08 Å². The van der Waals surface area contributed by atoms with Crippen molar-refractivity contribution in [1.82, 2.24) is 0 Å². The molecule has 0 unspecified atom stereocenters. The molecule has 0 fully saturated rings. The molecular formula is C20H34O2. The molecular weight excluding hydrogens is 272 g/mol. The Kier molecular flexibility index (Phi) is 15.1. The second kappa shape index (κ2) is 16.1. The fraction of sp³-hybridized carbons (Fsp3) is 0.650. The molecule has 0 bridgehead atoms. The van der Waals surface area contributed by atoms with Crippen LogP contribution in [0.1, 0.15) is 71.6 Å². The Morgan fingerprint density at radius 3 is 2.09 bits per heavy atom. The van der Waals surface area contributed by atoms with Crippen LogP contribution in [-0.2, 0) is 9.53 Å². The van der Waals surface area contributed by atoms with Crippen LogP contribution in [0.2, 0.25) is 0 Å². The van der Waals surface area contributed by atoms with Crippen LogP contribution < -0.4 is 0 Å². The lowest BCUT2D eigenvalue weighted by Gasteiger charge is -2.04. The summed E-state index contributed by atoms with van der Waals surface area (Å²) in [5.74, 6) is 0.537. The van der Waals surface area contributed by atoms with Gasteiger partial charge in [0.25, 0.3) is 0 Å². The highest BCUT2D eigenvalue weighted by atomic mass is 16.5. The zero-order valence-electron chi connectivity index (χ0n) is 14.7. The lowest BCUT2D eigenvalue weighted by atomic mass is 10.0. The molecule has 2 nitrogen and oxygen atoms in total. The second-order valence-corrected chi connectivity index (χ2v) is 6.14. The van der Waals surface area contributed by atoms with Gasteiger partial charge in [-0.15, -0.1) is 0 Å². The monoisotopic (exact) mass is 306 g/mol. The predicted molar refractivity (Wildman–Crippen MR) is 95.8 cm³/mol. The van der Waals surface area contributed by atoms with Crippen molar-refractivity contribution >= 4 is 5.97 Å². The highest BCUT2D eigenvalue weighted by Gasteiger charge is 1.94. The summed E-state index contributed by atoms with van der Waals surface area (Å²) in [4.78, 5) is 10.8. The summed E-state index contributed by atoms with van der Waals surface area (Å²) in [7, 11) is 1.38. The van der Waals surface area contributed by atoms with Gasteiger partial charge < -0.3 is 4.74 Å². The summed E-state index contributed by atoms with van der Waals surface area (Å²) in [5, 5.41) is 0. The van der Waals surface area contributed by atoms with Gasteiger partial charge >= 0.3 is 5.97 Å². The minimum absolute atomic E-state index is 0.321. The maximum absolute atomic E-state index is 10.8. The summed E-state index contributed by atoms with van der Waals surface area (Å²) in [5.41, 5.74) is 0. The average molecular weight is 306 g/mol. The Balaban J connectivity index is 3.32. The van der Waals surface area contributed by atoms with E-state index in [-0.39, 0.29) is 5.97 Å². The molecule has 0 N–H and O–H groups in total. The van der Waals surface area contributed by atoms with E-state index in [4.69, 9.17) is 0 Å². The molecule has 0 saturated heterocycles. The molecule has 22 heavy (non-hydrogen) atoms. The van der Waals surface area contributed by atoms with E-state index in [0.717, 1.165) is 12.3 Å². The summed E-state index contributed by atoms with van der Waals surface area (Å²) >= 11 is 0. The number of methoxy groups -OCH3 is 1. The molecule has 0 amide bonds. The van der Waals surface area contributed by atoms with Crippen LogP contribution in [0.25, 0.3) is 0 Å². The summed E-state index contributed by atoms with van der Waals surface area (Å²) in [6.07, 6.45) is 23.2. The number of rotatable bonds is 13.